The Balaban J connectivity index is 1.56. The van der Waals surface area contributed by atoms with Crippen LogP contribution < -0.4 is 5.32 Å². The SMILES string of the molecule is C[C@@H](Nc1cc(Cl)nc2c1cnn2[C@H]1O[C@H](COP(=O)(O)CP(=O)(O)O)N(O)[C@H]1O)c1ccccc1F. The van der Waals surface area contributed by atoms with Crippen molar-refractivity contribution < 1.29 is 47.8 Å². The number of pyridine rings is 1. The first-order valence-corrected chi connectivity index (χ1v) is 14.6. The van der Waals surface area contributed by atoms with Gasteiger partial charge in [-0.25, -0.2) is 14.1 Å². The Morgan fingerprint density at radius 3 is 2.68 bits per heavy atom. The highest BCUT2D eigenvalue weighted by atomic mass is 35.5. The Hall–Kier alpha value is -2.00. The zero-order chi connectivity index (χ0) is 27.1. The molecule has 37 heavy (non-hydrogen) atoms. The predicted octanol–water partition coefficient (Wildman–Crippen LogP) is 2.60. The van der Waals surface area contributed by atoms with Crippen LogP contribution in [-0.4, -0.2) is 69.8 Å². The number of fused-ring (bicyclic) bond motifs is 1. The van der Waals surface area contributed by atoms with Crippen LogP contribution in [0.5, 0.6) is 0 Å². The number of aliphatic hydroxyl groups is 1. The van der Waals surface area contributed by atoms with Gasteiger partial charge >= 0.3 is 15.2 Å². The number of hydroxylamine groups is 2. The lowest BCUT2D eigenvalue weighted by atomic mass is 10.1. The molecular weight excluding hydrogens is 559 g/mol. The van der Waals surface area contributed by atoms with E-state index in [-0.39, 0.29) is 10.8 Å². The molecule has 5 atom stereocenters. The van der Waals surface area contributed by atoms with Crippen LogP contribution in [0.1, 0.15) is 24.8 Å². The number of anilines is 1. The van der Waals surface area contributed by atoms with Gasteiger partial charge in [0.05, 0.1) is 29.9 Å². The average Bonchev–Trinajstić information content (AvgIpc) is 3.32. The summed E-state index contributed by atoms with van der Waals surface area (Å²) in [5.74, 6) is -1.83. The van der Waals surface area contributed by atoms with Gasteiger partial charge in [0.25, 0.3) is 0 Å². The van der Waals surface area contributed by atoms with Crippen molar-refractivity contribution in [1.82, 2.24) is 19.8 Å². The van der Waals surface area contributed by atoms with E-state index in [1.54, 1.807) is 25.1 Å². The average molecular weight is 582 g/mol. The van der Waals surface area contributed by atoms with Gasteiger partial charge in [-0.1, -0.05) is 29.8 Å². The lowest BCUT2D eigenvalue weighted by molar-refractivity contribution is -0.217. The van der Waals surface area contributed by atoms with Gasteiger partial charge in [-0.2, -0.15) is 5.10 Å². The van der Waals surface area contributed by atoms with Gasteiger partial charge in [-0.15, -0.1) is 5.06 Å². The van der Waals surface area contributed by atoms with Crippen molar-refractivity contribution in [1.29, 1.82) is 0 Å². The smallest absolute Gasteiger partial charge is 0.340 e. The third-order valence-electron chi connectivity index (χ3n) is 5.42. The Kier molecular flexibility index (Phi) is 8.05. The molecule has 1 aromatic carbocycles. The lowest BCUT2D eigenvalue weighted by Crippen LogP contribution is -2.37. The van der Waals surface area contributed by atoms with E-state index in [4.69, 9.17) is 26.1 Å². The molecule has 0 bridgehead atoms. The van der Waals surface area contributed by atoms with E-state index in [0.29, 0.717) is 21.7 Å². The number of nitrogens with zero attached hydrogens (tertiary/aromatic N) is 4. The minimum atomic E-state index is -4.86. The zero-order valence-corrected chi connectivity index (χ0v) is 21.5. The second-order valence-electron chi connectivity index (χ2n) is 8.22. The summed E-state index contributed by atoms with van der Waals surface area (Å²) in [5.41, 5.74) is 0.983. The molecule has 4 rings (SSSR count). The second-order valence-corrected chi connectivity index (χ2v) is 12.6. The maximum Gasteiger partial charge on any atom is 0.340 e. The fraction of sp³-hybridized carbons (Fsp3) is 0.368. The monoisotopic (exact) mass is 581 g/mol. The number of hydrogen-bond acceptors (Lipinski definition) is 10. The van der Waals surface area contributed by atoms with Crippen molar-refractivity contribution in [3.05, 3.63) is 53.1 Å². The molecule has 6 N–H and O–H groups in total. The maximum absolute atomic E-state index is 14.2. The van der Waals surface area contributed by atoms with Crippen LogP contribution in [0, 0.1) is 5.82 Å². The van der Waals surface area contributed by atoms with Gasteiger partial charge < -0.3 is 39.6 Å². The van der Waals surface area contributed by atoms with E-state index in [0.717, 1.165) is 4.68 Å². The molecular formula is C19H23ClFN5O9P2. The highest BCUT2D eigenvalue weighted by Crippen LogP contribution is 2.55. The van der Waals surface area contributed by atoms with Crippen LogP contribution >= 0.6 is 26.8 Å². The lowest BCUT2D eigenvalue weighted by Gasteiger charge is -2.19. The molecule has 0 radical (unpaired) electrons. The van der Waals surface area contributed by atoms with Crippen LogP contribution in [0.4, 0.5) is 10.1 Å². The molecule has 1 aliphatic heterocycles. The molecule has 3 heterocycles. The normalized spacial score (nSPS) is 23.3. The molecule has 1 fully saturated rings. The number of aromatic nitrogens is 3. The van der Waals surface area contributed by atoms with Gasteiger partial charge in [0.1, 0.15) is 11.0 Å². The van der Waals surface area contributed by atoms with Crippen molar-refractivity contribution in [3.8, 4) is 0 Å². The van der Waals surface area contributed by atoms with E-state index in [1.807, 2.05) is 0 Å². The van der Waals surface area contributed by atoms with E-state index in [9.17, 15) is 28.7 Å². The number of aliphatic hydroxyl groups excluding tert-OH is 1. The first kappa shape index (κ1) is 28.0. The van der Waals surface area contributed by atoms with Crippen LogP contribution in [-0.2, 0) is 18.4 Å². The van der Waals surface area contributed by atoms with Crippen molar-refractivity contribution in [2.24, 2.45) is 0 Å². The van der Waals surface area contributed by atoms with Crippen LogP contribution in [0.2, 0.25) is 5.15 Å². The Labute approximate surface area is 213 Å². The highest BCUT2D eigenvalue weighted by molar-refractivity contribution is 7.70. The third kappa shape index (κ3) is 6.36. The number of benzene rings is 1. The van der Waals surface area contributed by atoms with Crippen LogP contribution in [0.15, 0.2) is 36.5 Å². The van der Waals surface area contributed by atoms with Crippen molar-refractivity contribution in [3.63, 3.8) is 0 Å². The summed E-state index contributed by atoms with van der Waals surface area (Å²) < 4.78 is 48.4. The zero-order valence-electron chi connectivity index (χ0n) is 19.0. The second kappa shape index (κ2) is 10.6. The summed E-state index contributed by atoms with van der Waals surface area (Å²) in [7, 11) is -9.60. The molecule has 2 aromatic heterocycles. The maximum atomic E-state index is 14.2. The molecule has 18 heteroatoms. The largest absolute Gasteiger partial charge is 0.378 e. The van der Waals surface area contributed by atoms with Crippen LogP contribution in [0.3, 0.4) is 0 Å². The van der Waals surface area contributed by atoms with Gasteiger partial charge in [-0.3, -0.25) is 9.13 Å². The first-order chi connectivity index (χ1) is 17.3. The van der Waals surface area contributed by atoms with Crippen molar-refractivity contribution in [2.45, 2.75) is 31.6 Å². The minimum Gasteiger partial charge on any atom is -0.378 e. The number of rotatable bonds is 9. The summed E-state index contributed by atoms with van der Waals surface area (Å²) >= 11 is 6.19. The molecule has 0 amide bonds. The summed E-state index contributed by atoms with van der Waals surface area (Å²) in [5, 5.41) is 28.8. The third-order valence-corrected chi connectivity index (χ3v) is 9.07. The predicted molar refractivity (Wildman–Crippen MR) is 127 cm³/mol. The molecule has 0 spiro atoms. The summed E-state index contributed by atoms with van der Waals surface area (Å²) in [4.78, 5) is 31.6. The summed E-state index contributed by atoms with van der Waals surface area (Å²) in [6.45, 7) is 0.922. The topological polar surface area (TPSA) is 200 Å². The Bertz CT molecular complexity index is 1390. The first-order valence-electron chi connectivity index (χ1n) is 10.6. The van der Waals surface area contributed by atoms with Gasteiger partial charge in [0.2, 0.25) is 0 Å². The Morgan fingerprint density at radius 2 is 2.00 bits per heavy atom. The fourth-order valence-corrected chi connectivity index (χ4v) is 6.52. The molecule has 14 nitrogen and oxygen atoms in total. The summed E-state index contributed by atoms with van der Waals surface area (Å²) in [6.07, 6.45) is -3.25. The fourth-order valence-electron chi connectivity index (χ4n) is 3.78. The molecule has 0 saturated carbocycles. The molecule has 3 aromatic rings. The molecule has 1 saturated heterocycles. The number of halogens is 2. The molecule has 1 unspecified atom stereocenters. The van der Waals surface area contributed by atoms with Crippen LogP contribution in [0.25, 0.3) is 11.0 Å². The van der Waals surface area contributed by atoms with Gasteiger partial charge in [0, 0.05) is 5.56 Å². The number of ether oxygens (including phenoxy) is 1. The van der Waals surface area contributed by atoms with E-state index >= 15 is 0 Å². The quantitative estimate of drug-likeness (QED) is 0.159. The van der Waals surface area contributed by atoms with Gasteiger partial charge in [0.15, 0.2) is 30.2 Å². The minimum absolute atomic E-state index is 0.0318. The standard InChI is InChI=1S/C19H23ClFN5O9P2/c1-10(11-4-2-3-5-13(11)21)23-14-6-15(20)24-17-12(14)7-22-25(17)19-18(27)26(28)16(35-19)8-34-37(32,33)9-36(29,30)31/h2-7,10,16,18-19,27-28H,8-9H2,1H3,(H,23,24)(H,32,33)(H2,29,30,31)/t10-,16-,18+,19+/m1/s1. The highest BCUT2D eigenvalue weighted by Gasteiger charge is 2.45. The van der Waals surface area contributed by atoms with E-state index in [1.165, 1.54) is 18.3 Å². The van der Waals surface area contributed by atoms with Gasteiger partial charge in [-0.05, 0) is 19.1 Å². The molecule has 202 valence electrons. The number of hydrogen-bond donors (Lipinski definition) is 6. The molecule has 1 aliphatic rings. The summed E-state index contributed by atoms with van der Waals surface area (Å²) in [6, 6.07) is 7.27. The molecule has 0 aliphatic carbocycles. The van der Waals surface area contributed by atoms with Crippen molar-refractivity contribution in [2.75, 3.05) is 17.8 Å². The van der Waals surface area contributed by atoms with Crippen molar-refractivity contribution >= 4 is 43.5 Å². The van der Waals surface area contributed by atoms with E-state index in [2.05, 4.69) is 19.9 Å². The number of nitrogens with one attached hydrogen (secondary N) is 1. The Morgan fingerprint density at radius 1 is 1.30 bits per heavy atom. The van der Waals surface area contributed by atoms with E-state index < -0.39 is 58.2 Å².